The molecule has 4 rings (SSSR count). The van der Waals surface area contributed by atoms with Crippen molar-refractivity contribution in [2.75, 3.05) is 12.4 Å². The van der Waals surface area contributed by atoms with Crippen LogP contribution in [-0.4, -0.2) is 23.1 Å². The van der Waals surface area contributed by atoms with E-state index >= 15 is 0 Å². The van der Waals surface area contributed by atoms with Crippen LogP contribution in [0.3, 0.4) is 0 Å². The molecule has 0 radical (unpaired) electrons. The Hall–Kier alpha value is -3.71. The van der Waals surface area contributed by atoms with Crippen LogP contribution in [0, 0.1) is 0 Å². The topological polar surface area (TPSA) is 76.4 Å². The first kappa shape index (κ1) is 21.5. The van der Waals surface area contributed by atoms with Gasteiger partial charge in [0.05, 0.1) is 7.11 Å². The standard InChI is InChI=1S/C25H23N3O3S/c1-15(2)16-7-9-17(10-8-16)23(29)28-25(32)26-19-6-4-5-18(13-19)24-27-21-14-20(30-3)11-12-22(21)31-24/h4-15H,1-3H3,(H2,26,28,29,32). The average Bonchev–Trinajstić information content (AvgIpc) is 3.22. The highest BCUT2D eigenvalue weighted by molar-refractivity contribution is 7.80. The Morgan fingerprint density at radius 2 is 1.84 bits per heavy atom. The zero-order valence-corrected chi connectivity index (χ0v) is 18.8. The number of carbonyl (C=O) groups excluding carboxylic acids is 1. The van der Waals surface area contributed by atoms with Gasteiger partial charge in [0.15, 0.2) is 10.7 Å². The number of fused-ring (bicyclic) bond motifs is 1. The highest BCUT2D eigenvalue weighted by Crippen LogP contribution is 2.28. The summed E-state index contributed by atoms with van der Waals surface area (Å²) in [6.45, 7) is 4.22. The van der Waals surface area contributed by atoms with Gasteiger partial charge in [0.2, 0.25) is 5.89 Å². The molecule has 1 aromatic heterocycles. The van der Waals surface area contributed by atoms with Gasteiger partial charge in [-0.2, -0.15) is 0 Å². The number of anilines is 1. The number of thiocarbonyl (C=S) groups is 1. The number of nitrogens with one attached hydrogen (secondary N) is 2. The molecule has 0 aliphatic rings. The normalized spacial score (nSPS) is 10.9. The number of oxazole rings is 1. The number of methoxy groups -OCH3 is 1. The first-order valence-electron chi connectivity index (χ1n) is 10.2. The van der Waals surface area contributed by atoms with Gasteiger partial charge in [-0.1, -0.05) is 32.0 Å². The van der Waals surface area contributed by atoms with Crippen LogP contribution >= 0.6 is 12.2 Å². The molecule has 0 unspecified atom stereocenters. The van der Waals surface area contributed by atoms with E-state index in [9.17, 15) is 4.79 Å². The minimum Gasteiger partial charge on any atom is -0.497 e. The van der Waals surface area contributed by atoms with Crippen molar-refractivity contribution in [3.05, 3.63) is 77.9 Å². The lowest BCUT2D eigenvalue weighted by atomic mass is 10.0. The van der Waals surface area contributed by atoms with Crippen LogP contribution in [0.4, 0.5) is 5.69 Å². The number of hydrogen-bond donors (Lipinski definition) is 2. The van der Waals surface area contributed by atoms with E-state index in [0.717, 1.165) is 5.56 Å². The molecule has 0 fully saturated rings. The lowest BCUT2D eigenvalue weighted by molar-refractivity contribution is 0.0977. The lowest BCUT2D eigenvalue weighted by Gasteiger charge is -2.11. The van der Waals surface area contributed by atoms with Crippen molar-refractivity contribution in [3.8, 4) is 17.2 Å². The van der Waals surface area contributed by atoms with E-state index in [0.29, 0.717) is 39.9 Å². The summed E-state index contributed by atoms with van der Waals surface area (Å²) in [5.74, 6) is 1.34. The average molecular weight is 446 g/mol. The minimum absolute atomic E-state index is 0.211. The molecule has 3 aromatic carbocycles. The minimum atomic E-state index is -0.262. The molecule has 6 nitrogen and oxygen atoms in total. The number of nitrogens with zero attached hydrogens (tertiary/aromatic N) is 1. The third kappa shape index (κ3) is 4.78. The number of ether oxygens (including phenoxy) is 1. The van der Waals surface area contributed by atoms with E-state index in [2.05, 4.69) is 29.5 Å². The largest absolute Gasteiger partial charge is 0.497 e. The number of carbonyl (C=O) groups is 1. The Morgan fingerprint density at radius 1 is 1.06 bits per heavy atom. The van der Waals surface area contributed by atoms with E-state index in [4.69, 9.17) is 21.4 Å². The van der Waals surface area contributed by atoms with Gasteiger partial charge in [0.1, 0.15) is 11.3 Å². The van der Waals surface area contributed by atoms with Crippen molar-refractivity contribution in [2.24, 2.45) is 0 Å². The molecule has 1 amide bonds. The molecule has 0 saturated carbocycles. The van der Waals surface area contributed by atoms with Crippen LogP contribution in [0.1, 0.15) is 35.7 Å². The van der Waals surface area contributed by atoms with Crippen molar-refractivity contribution >= 4 is 40.0 Å². The third-order valence-electron chi connectivity index (χ3n) is 5.03. The van der Waals surface area contributed by atoms with E-state index in [1.807, 2.05) is 54.6 Å². The molecular formula is C25H23N3O3S. The quantitative estimate of drug-likeness (QED) is 0.381. The molecule has 0 spiro atoms. The van der Waals surface area contributed by atoms with Crippen LogP contribution < -0.4 is 15.4 Å². The Bertz CT molecular complexity index is 1280. The second-order valence-corrected chi connectivity index (χ2v) is 8.03. The summed E-state index contributed by atoms with van der Waals surface area (Å²) in [4.78, 5) is 17.0. The number of aromatic nitrogens is 1. The van der Waals surface area contributed by atoms with Crippen molar-refractivity contribution in [1.29, 1.82) is 0 Å². The van der Waals surface area contributed by atoms with E-state index < -0.39 is 0 Å². The van der Waals surface area contributed by atoms with Crippen LogP contribution in [-0.2, 0) is 0 Å². The molecular weight excluding hydrogens is 422 g/mol. The third-order valence-corrected chi connectivity index (χ3v) is 5.23. The molecule has 162 valence electrons. The smallest absolute Gasteiger partial charge is 0.257 e. The second-order valence-electron chi connectivity index (χ2n) is 7.62. The van der Waals surface area contributed by atoms with Gasteiger partial charge in [-0.15, -0.1) is 0 Å². The zero-order valence-electron chi connectivity index (χ0n) is 18.0. The van der Waals surface area contributed by atoms with Gasteiger partial charge in [-0.3, -0.25) is 10.1 Å². The van der Waals surface area contributed by atoms with Gasteiger partial charge < -0.3 is 14.5 Å². The highest BCUT2D eigenvalue weighted by Gasteiger charge is 2.12. The number of hydrogen-bond acceptors (Lipinski definition) is 5. The first-order chi connectivity index (χ1) is 15.4. The van der Waals surface area contributed by atoms with Crippen molar-refractivity contribution in [3.63, 3.8) is 0 Å². The maximum atomic E-state index is 12.5. The number of amides is 1. The molecule has 0 bridgehead atoms. The predicted octanol–water partition coefficient (Wildman–Crippen LogP) is 5.75. The van der Waals surface area contributed by atoms with Crippen LogP contribution in [0.15, 0.2) is 71.1 Å². The Kier molecular flexibility index (Phi) is 6.18. The summed E-state index contributed by atoms with van der Waals surface area (Å²) in [6.07, 6.45) is 0. The molecule has 32 heavy (non-hydrogen) atoms. The summed E-state index contributed by atoms with van der Waals surface area (Å²) in [5, 5.41) is 5.97. The molecule has 7 heteroatoms. The maximum Gasteiger partial charge on any atom is 0.257 e. The Balaban J connectivity index is 1.45. The van der Waals surface area contributed by atoms with Gasteiger partial charge in [0, 0.05) is 22.9 Å². The fraction of sp³-hybridized carbons (Fsp3) is 0.160. The molecule has 2 N–H and O–H groups in total. The van der Waals surface area contributed by atoms with Gasteiger partial charge in [-0.05, 0) is 66.2 Å². The van der Waals surface area contributed by atoms with Crippen molar-refractivity contribution < 1.29 is 13.9 Å². The Labute approximate surface area is 191 Å². The van der Waals surface area contributed by atoms with Crippen molar-refractivity contribution in [2.45, 2.75) is 19.8 Å². The summed E-state index contributed by atoms with van der Waals surface area (Å²) in [6, 6.07) is 20.5. The zero-order chi connectivity index (χ0) is 22.7. The van der Waals surface area contributed by atoms with Gasteiger partial charge >= 0.3 is 0 Å². The molecule has 0 aliphatic heterocycles. The van der Waals surface area contributed by atoms with Gasteiger partial charge in [-0.25, -0.2) is 4.98 Å². The van der Waals surface area contributed by atoms with Crippen LogP contribution in [0.2, 0.25) is 0 Å². The van der Waals surface area contributed by atoms with Crippen LogP contribution in [0.25, 0.3) is 22.6 Å². The van der Waals surface area contributed by atoms with E-state index in [1.165, 1.54) is 5.56 Å². The van der Waals surface area contributed by atoms with E-state index in [-0.39, 0.29) is 11.0 Å². The summed E-state index contributed by atoms with van der Waals surface area (Å²) >= 11 is 5.32. The number of benzene rings is 3. The van der Waals surface area contributed by atoms with E-state index in [1.54, 1.807) is 19.2 Å². The SMILES string of the molecule is COc1ccc2oc(-c3cccc(NC(=S)NC(=O)c4ccc(C(C)C)cc4)c3)nc2c1. The number of rotatable bonds is 5. The highest BCUT2D eigenvalue weighted by atomic mass is 32.1. The summed E-state index contributed by atoms with van der Waals surface area (Å²) in [5.41, 5.74) is 4.60. The molecule has 4 aromatic rings. The first-order valence-corrected chi connectivity index (χ1v) is 10.6. The maximum absolute atomic E-state index is 12.5. The van der Waals surface area contributed by atoms with Gasteiger partial charge in [0.25, 0.3) is 5.91 Å². The summed E-state index contributed by atoms with van der Waals surface area (Å²) < 4.78 is 11.1. The van der Waals surface area contributed by atoms with Crippen molar-refractivity contribution in [1.82, 2.24) is 10.3 Å². The molecule has 1 heterocycles. The fourth-order valence-corrected chi connectivity index (χ4v) is 3.46. The monoisotopic (exact) mass is 445 g/mol. The predicted molar refractivity (Wildman–Crippen MR) is 130 cm³/mol. The van der Waals surface area contributed by atoms with Crippen LogP contribution in [0.5, 0.6) is 5.75 Å². The Morgan fingerprint density at radius 3 is 2.56 bits per heavy atom. The molecule has 0 aliphatic carbocycles. The lowest BCUT2D eigenvalue weighted by Crippen LogP contribution is -2.34. The second kappa shape index (κ2) is 9.20. The fourth-order valence-electron chi connectivity index (χ4n) is 3.24. The summed E-state index contributed by atoms with van der Waals surface area (Å²) in [7, 11) is 1.61. The molecule has 0 atom stereocenters. The molecule has 0 saturated heterocycles.